The molecule has 1 aromatic carbocycles. The van der Waals surface area contributed by atoms with Crippen LogP contribution in [-0.2, 0) is 11.3 Å². The Labute approximate surface area is 107 Å². The first kappa shape index (κ1) is 11.3. The predicted molar refractivity (Wildman–Crippen MR) is 69.8 cm³/mol. The fourth-order valence-electron chi connectivity index (χ4n) is 1.85. The van der Waals surface area contributed by atoms with E-state index >= 15 is 0 Å². The number of H-pyrrole nitrogens is 2. The van der Waals surface area contributed by atoms with Gasteiger partial charge in [-0.25, -0.2) is 4.79 Å². The van der Waals surface area contributed by atoms with Crippen LogP contribution in [0.4, 0.5) is 5.69 Å². The molecule has 0 aliphatic carbocycles. The zero-order valence-corrected chi connectivity index (χ0v) is 9.88. The molecule has 3 aromatic rings. The molecule has 2 heterocycles. The van der Waals surface area contributed by atoms with Gasteiger partial charge in [0, 0.05) is 18.1 Å². The third-order valence-corrected chi connectivity index (χ3v) is 2.66. The van der Waals surface area contributed by atoms with Crippen LogP contribution in [0.25, 0.3) is 11.0 Å². The summed E-state index contributed by atoms with van der Waals surface area (Å²) in [6.07, 6.45) is 3.33. The maximum Gasteiger partial charge on any atom is 0.323 e. The Morgan fingerprint density at radius 3 is 2.95 bits per heavy atom. The number of benzene rings is 1. The van der Waals surface area contributed by atoms with E-state index in [0.717, 1.165) is 0 Å². The van der Waals surface area contributed by atoms with Gasteiger partial charge in [-0.05, 0) is 24.3 Å². The molecule has 3 N–H and O–H groups in total. The minimum Gasteiger partial charge on any atom is -0.324 e. The van der Waals surface area contributed by atoms with Gasteiger partial charge in [-0.1, -0.05) is 0 Å². The average molecular weight is 257 g/mol. The fourth-order valence-corrected chi connectivity index (χ4v) is 1.85. The van der Waals surface area contributed by atoms with Crippen molar-refractivity contribution in [2.45, 2.75) is 6.54 Å². The molecule has 0 spiro atoms. The first-order valence-electron chi connectivity index (χ1n) is 5.70. The van der Waals surface area contributed by atoms with Crippen LogP contribution in [0.2, 0.25) is 0 Å². The number of fused-ring (bicyclic) bond motifs is 1. The molecule has 0 unspecified atom stereocenters. The number of nitrogens with zero attached hydrogens (tertiary/aromatic N) is 2. The van der Waals surface area contributed by atoms with E-state index in [4.69, 9.17) is 0 Å². The Balaban J connectivity index is 1.77. The largest absolute Gasteiger partial charge is 0.324 e. The molecule has 0 fully saturated rings. The molecule has 0 bridgehead atoms. The molecule has 2 aromatic heterocycles. The number of imidazole rings is 1. The minimum atomic E-state index is -0.269. The molecular formula is C12H11N5O2. The number of anilines is 1. The maximum absolute atomic E-state index is 11.8. The molecular weight excluding hydrogens is 246 g/mol. The fraction of sp³-hybridized carbons (Fsp3) is 0.0833. The van der Waals surface area contributed by atoms with E-state index in [1.807, 2.05) is 0 Å². The van der Waals surface area contributed by atoms with Gasteiger partial charge in [-0.2, -0.15) is 5.10 Å². The predicted octanol–water partition coefficient (Wildman–Crippen LogP) is 0.691. The van der Waals surface area contributed by atoms with Crippen molar-refractivity contribution in [1.82, 2.24) is 19.7 Å². The van der Waals surface area contributed by atoms with Crippen LogP contribution in [-0.4, -0.2) is 25.7 Å². The molecule has 7 nitrogen and oxygen atoms in total. The minimum absolute atomic E-state index is 0.148. The first-order chi connectivity index (χ1) is 9.20. The highest BCUT2D eigenvalue weighted by Crippen LogP contribution is 2.14. The Bertz CT molecular complexity index is 769. The number of nitrogens with one attached hydrogen (secondary N) is 3. The normalized spacial score (nSPS) is 10.7. The van der Waals surface area contributed by atoms with Crippen LogP contribution < -0.4 is 11.0 Å². The van der Waals surface area contributed by atoms with Gasteiger partial charge in [0.15, 0.2) is 0 Å². The summed E-state index contributed by atoms with van der Waals surface area (Å²) in [6, 6.07) is 6.92. The van der Waals surface area contributed by atoms with Crippen LogP contribution in [0.15, 0.2) is 41.5 Å². The molecule has 3 rings (SSSR count). The van der Waals surface area contributed by atoms with Crippen molar-refractivity contribution >= 4 is 22.6 Å². The standard InChI is InChI=1S/C12H11N5O2/c18-11(7-17-5-1-4-13-17)14-8-2-3-9-10(6-8)16-12(19)15-9/h1-6H,7H2,(H,14,18)(H2,15,16,19). The SMILES string of the molecule is O=C(Cn1cccn1)Nc1ccc2[nH]c(=O)[nH]c2c1. The highest BCUT2D eigenvalue weighted by molar-refractivity contribution is 5.92. The summed E-state index contributed by atoms with van der Waals surface area (Å²) in [7, 11) is 0. The average Bonchev–Trinajstić information content (AvgIpc) is 2.96. The van der Waals surface area contributed by atoms with E-state index in [9.17, 15) is 9.59 Å². The van der Waals surface area contributed by atoms with Crippen molar-refractivity contribution in [3.63, 3.8) is 0 Å². The maximum atomic E-state index is 11.8. The molecule has 0 aliphatic heterocycles. The number of carbonyl (C=O) groups is 1. The Kier molecular flexibility index (Phi) is 2.64. The molecule has 0 saturated heterocycles. The molecule has 19 heavy (non-hydrogen) atoms. The molecule has 0 aliphatic rings. The Morgan fingerprint density at radius 2 is 2.16 bits per heavy atom. The third-order valence-electron chi connectivity index (χ3n) is 2.66. The number of amides is 1. The monoisotopic (exact) mass is 257 g/mol. The van der Waals surface area contributed by atoms with Gasteiger partial charge >= 0.3 is 5.69 Å². The lowest BCUT2D eigenvalue weighted by Gasteiger charge is -2.05. The second kappa shape index (κ2) is 4.45. The van der Waals surface area contributed by atoms with E-state index in [1.54, 1.807) is 36.7 Å². The number of hydrogen-bond donors (Lipinski definition) is 3. The van der Waals surface area contributed by atoms with Crippen LogP contribution in [0.1, 0.15) is 0 Å². The summed E-state index contributed by atoms with van der Waals surface area (Å²) < 4.78 is 1.53. The highest BCUT2D eigenvalue weighted by atomic mass is 16.2. The topological polar surface area (TPSA) is 95.6 Å². The summed E-state index contributed by atoms with van der Waals surface area (Å²) in [5.74, 6) is -0.180. The number of hydrogen-bond acceptors (Lipinski definition) is 3. The first-order valence-corrected chi connectivity index (χ1v) is 5.70. The van der Waals surface area contributed by atoms with Gasteiger partial charge in [0.25, 0.3) is 0 Å². The Morgan fingerprint density at radius 1 is 1.32 bits per heavy atom. The van der Waals surface area contributed by atoms with E-state index in [-0.39, 0.29) is 18.1 Å². The van der Waals surface area contributed by atoms with Crippen molar-refractivity contribution in [3.8, 4) is 0 Å². The van der Waals surface area contributed by atoms with E-state index < -0.39 is 0 Å². The lowest BCUT2D eigenvalue weighted by Crippen LogP contribution is -2.18. The zero-order valence-electron chi connectivity index (χ0n) is 9.88. The molecule has 0 radical (unpaired) electrons. The van der Waals surface area contributed by atoms with Crippen LogP contribution in [0.3, 0.4) is 0 Å². The second-order valence-corrected chi connectivity index (χ2v) is 4.09. The molecule has 0 saturated carbocycles. The summed E-state index contributed by atoms with van der Waals surface area (Å²) >= 11 is 0. The summed E-state index contributed by atoms with van der Waals surface area (Å²) in [4.78, 5) is 28.2. The highest BCUT2D eigenvalue weighted by Gasteiger charge is 2.05. The number of carbonyl (C=O) groups excluding carboxylic acids is 1. The zero-order chi connectivity index (χ0) is 13.2. The molecule has 96 valence electrons. The third kappa shape index (κ3) is 2.39. The lowest BCUT2D eigenvalue weighted by molar-refractivity contribution is -0.116. The van der Waals surface area contributed by atoms with Gasteiger partial charge in [0.05, 0.1) is 11.0 Å². The summed E-state index contributed by atoms with van der Waals surface area (Å²) in [6.45, 7) is 0.148. The van der Waals surface area contributed by atoms with Crippen LogP contribution in [0, 0.1) is 0 Å². The molecule has 7 heteroatoms. The van der Waals surface area contributed by atoms with E-state index in [0.29, 0.717) is 16.7 Å². The van der Waals surface area contributed by atoms with Gasteiger partial charge < -0.3 is 15.3 Å². The van der Waals surface area contributed by atoms with Crippen LogP contribution >= 0.6 is 0 Å². The number of rotatable bonds is 3. The summed E-state index contributed by atoms with van der Waals surface area (Å²) in [5, 5.41) is 6.70. The van der Waals surface area contributed by atoms with Crippen molar-refractivity contribution < 1.29 is 4.79 Å². The van der Waals surface area contributed by atoms with Gasteiger partial charge in [0.2, 0.25) is 5.91 Å². The summed E-state index contributed by atoms with van der Waals surface area (Å²) in [5.41, 5.74) is 1.71. The number of aromatic amines is 2. The number of aromatic nitrogens is 4. The Hall–Kier alpha value is -2.83. The van der Waals surface area contributed by atoms with Crippen molar-refractivity contribution in [2.75, 3.05) is 5.32 Å². The lowest BCUT2D eigenvalue weighted by atomic mass is 10.3. The quantitative estimate of drug-likeness (QED) is 0.644. The van der Waals surface area contributed by atoms with E-state index in [1.165, 1.54) is 4.68 Å². The van der Waals surface area contributed by atoms with Crippen LogP contribution in [0.5, 0.6) is 0 Å². The molecule has 1 amide bonds. The second-order valence-electron chi connectivity index (χ2n) is 4.09. The van der Waals surface area contributed by atoms with Crippen molar-refractivity contribution in [2.24, 2.45) is 0 Å². The van der Waals surface area contributed by atoms with E-state index in [2.05, 4.69) is 20.4 Å². The van der Waals surface area contributed by atoms with Crippen molar-refractivity contribution in [1.29, 1.82) is 0 Å². The van der Waals surface area contributed by atoms with Gasteiger partial charge in [-0.3, -0.25) is 9.48 Å². The molecule has 0 atom stereocenters. The smallest absolute Gasteiger partial charge is 0.323 e. The van der Waals surface area contributed by atoms with Gasteiger partial charge in [0.1, 0.15) is 6.54 Å². The van der Waals surface area contributed by atoms with Crippen molar-refractivity contribution in [3.05, 3.63) is 47.1 Å². The van der Waals surface area contributed by atoms with Gasteiger partial charge in [-0.15, -0.1) is 0 Å².